The van der Waals surface area contributed by atoms with Crippen LogP contribution in [0.3, 0.4) is 0 Å². The molecule has 1 amide bonds. The highest BCUT2D eigenvalue weighted by atomic mass is 32.2. The highest BCUT2D eigenvalue weighted by molar-refractivity contribution is 7.92. The van der Waals surface area contributed by atoms with Crippen LogP contribution in [0.2, 0.25) is 0 Å². The summed E-state index contributed by atoms with van der Waals surface area (Å²) in [5.74, 6) is 1.99. The minimum absolute atomic E-state index is 0.105. The lowest BCUT2D eigenvalue weighted by Gasteiger charge is -2.45. The van der Waals surface area contributed by atoms with Crippen molar-refractivity contribution in [2.75, 3.05) is 24.6 Å². The molecule has 0 atom stereocenters. The second kappa shape index (κ2) is 5.39. The quantitative estimate of drug-likeness (QED) is 0.850. The fourth-order valence-corrected chi connectivity index (χ4v) is 5.95. The van der Waals surface area contributed by atoms with Crippen molar-refractivity contribution in [3.05, 3.63) is 21.9 Å². The summed E-state index contributed by atoms with van der Waals surface area (Å²) in [5.41, 5.74) is 0. The van der Waals surface area contributed by atoms with Crippen LogP contribution < -0.4 is 0 Å². The fraction of sp³-hybridized carbons (Fsp3) is 0.667. The Morgan fingerprint density at radius 2 is 1.95 bits per heavy atom. The number of carbonyl (C=O) groups excluding carboxylic acids is 1. The van der Waals surface area contributed by atoms with Gasteiger partial charge in [0.15, 0.2) is 9.84 Å². The fourth-order valence-electron chi connectivity index (χ4n) is 3.01. The van der Waals surface area contributed by atoms with Crippen molar-refractivity contribution in [2.24, 2.45) is 17.8 Å². The van der Waals surface area contributed by atoms with Crippen molar-refractivity contribution in [3.63, 3.8) is 0 Å². The van der Waals surface area contributed by atoms with E-state index in [0.717, 1.165) is 24.4 Å². The van der Waals surface area contributed by atoms with E-state index in [1.807, 2.05) is 17.0 Å². The topological polar surface area (TPSA) is 54.5 Å². The van der Waals surface area contributed by atoms with Gasteiger partial charge in [0.2, 0.25) is 0 Å². The molecule has 0 bridgehead atoms. The summed E-state index contributed by atoms with van der Waals surface area (Å²) in [7, 11) is -2.75. The molecule has 2 aliphatic rings. The van der Waals surface area contributed by atoms with Crippen LogP contribution in [-0.4, -0.2) is 43.8 Å². The van der Waals surface area contributed by atoms with Crippen molar-refractivity contribution < 1.29 is 13.2 Å². The number of hydrogen-bond acceptors (Lipinski definition) is 4. The summed E-state index contributed by atoms with van der Waals surface area (Å²) in [4.78, 5) is 16.3. The van der Waals surface area contributed by atoms with E-state index in [2.05, 4.69) is 13.8 Å². The maximum absolute atomic E-state index is 12.3. The van der Waals surface area contributed by atoms with E-state index < -0.39 is 9.84 Å². The van der Waals surface area contributed by atoms with E-state index >= 15 is 0 Å². The van der Waals surface area contributed by atoms with Crippen molar-refractivity contribution in [3.8, 4) is 0 Å². The summed E-state index contributed by atoms with van der Waals surface area (Å²) < 4.78 is 22.4. The Morgan fingerprint density at radius 3 is 2.52 bits per heavy atom. The van der Waals surface area contributed by atoms with E-state index in [4.69, 9.17) is 0 Å². The first-order chi connectivity index (χ1) is 9.84. The Kier molecular flexibility index (Phi) is 3.86. The summed E-state index contributed by atoms with van der Waals surface area (Å²) in [6.07, 6.45) is 1.01. The Hall–Kier alpha value is -0.880. The average Bonchev–Trinajstić information content (AvgIpc) is 2.71. The maximum atomic E-state index is 12.3. The maximum Gasteiger partial charge on any atom is 0.263 e. The third-order valence-electron chi connectivity index (χ3n) is 4.28. The number of hydrogen-bond donors (Lipinski definition) is 0. The van der Waals surface area contributed by atoms with Crippen LogP contribution in [-0.2, 0) is 16.3 Å². The lowest BCUT2D eigenvalue weighted by atomic mass is 9.87. The van der Waals surface area contributed by atoms with Gasteiger partial charge in [-0.05, 0) is 36.3 Å². The van der Waals surface area contributed by atoms with E-state index in [-0.39, 0.29) is 11.8 Å². The summed E-state index contributed by atoms with van der Waals surface area (Å²) in [5, 5.41) is 0. The molecule has 0 N–H and O–H groups in total. The molecule has 2 fully saturated rings. The monoisotopic (exact) mass is 327 g/mol. The largest absolute Gasteiger partial charge is 0.337 e. The number of thiophene rings is 1. The van der Waals surface area contributed by atoms with Gasteiger partial charge in [0.25, 0.3) is 5.91 Å². The number of carbonyl (C=O) groups is 1. The van der Waals surface area contributed by atoms with E-state index in [0.29, 0.717) is 23.3 Å². The Balaban J connectivity index is 1.52. The molecule has 0 aliphatic carbocycles. The van der Waals surface area contributed by atoms with Crippen LogP contribution in [0.5, 0.6) is 0 Å². The molecule has 0 aromatic carbocycles. The molecule has 1 aromatic rings. The van der Waals surface area contributed by atoms with Crippen LogP contribution in [0.4, 0.5) is 0 Å². The molecular weight excluding hydrogens is 306 g/mol. The summed E-state index contributed by atoms with van der Waals surface area (Å²) in [6, 6.07) is 3.97. The first-order valence-electron chi connectivity index (χ1n) is 7.42. The molecule has 6 heteroatoms. The highest BCUT2D eigenvalue weighted by Crippen LogP contribution is 2.34. The molecule has 3 heterocycles. The molecule has 2 saturated heterocycles. The van der Waals surface area contributed by atoms with Crippen molar-refractivity contribution in [2.45, 2.75) is 20.3 Å². The number of nitrogens with zero attached hydrogens (tertiary/aromatic N) is 1. The van der Waals surface area contributed by atoms with Gasteiger partial charge in [-0.3, -0.25) is 4.79 Å². The van der Waals surface area contributed by atoms with Crippen LogP contribution in [0.15, 0.2) is 12.1 Å². The molecule has 4 nitrogen and oxygen atoms in total. The Morgan fingerprint density at radius 1 is 1.29 bits per heavy atom. The van der Waals surface area contributed by atoms with E-state index in [9.17, 15) is 13.2 Å². The van der Waals surface area contributed by atoms with Crippen molar-refractivity contribution in [1.29, 1.82) is 0 Å². The minimum atomic E-state index is -2.75. The molecule has 116 valence electrons. The second-order valence-corrected chi connectivity index (χ2v) is 9.99. The smallest absolute Gasteiger partial charge is 0.263 e. The van der Waals surface area contributed by atoms with Gasteiger partial charge in [-0.25, -0.2) is 8.42 Å². The standard InChI is InChI=1S/C15H21NO3S2/c1-10(2)5-13-3-4-14(20-13)15(17)16-6-11(7-16)12-8-21(18,19)9-12/h3-4,10-12H,5-9H2,1-2H3. The average molecular weight is 327 g/mol. The molecule has 3 rings (SSSR count). The lowest BCUT2D eigenvalue weighted by molar-refractivity contribution is 0.0404. The predicted molar refractivity (Wildman–Crippen MR) is 84.4 cm³/mol. The number of rotatable bonds is 4. The van der Waals surface area contributed by atoms with E-state index in [1.165, 1.54) is 4.88 Å². The molecule has 2 aliphatic heterocycles. The summed E-state index contributed by atoms with van der Waals surface area (Å²) >= 11 is 1.59. The molecule has 1 aromatic heterocycles. The van der Waals surface area contributed by atoms with Gasteiger partial charge in [0.05, 0.1) is 16.4 Å². The number of sulfone groups is 1. The SMILES string of the molecule is CC(C)Cc1ccc(C(=O)N2CC(C3CS(=O)(=O)C3)C2)s1. The second-order valence-electron chi connectivity index (χ2n) is 6.67. The van der Waals surface area contributed by atoms with Crippen molar-refractivity contribution in [1.82, 2.24) is 4.90 Å². The highest BCUT2D eigenvalue weighted by Gasteiger charge is 2.45. The normalized spacial score (nSPS) is 22.1. The van der Waals surface area contributed by atoms with Gasteiger partial charge >= 0.3 is 0 Å². The number of amides is 1. The van der Waals surface area contributed by atoms with Gasteiger partial charge in [0.1, 0.15) is 0 Å². The summed E-state index contributed by atoms with van der Waals surface area (Å²) in [6.45, 7) is 5.79. The third kappa shape index (κ3) is 3.16. The van der Waals surface area contributed by atoms with Crippen LogP contribution in [0.1, 0.15) is 28.4 Å². The van der Waals surface area contributed by atoms with Gasteiger partial charge in [-0.2, -0.15) is 0 Å². The zero-order chi connectivity index (χ0) is 15.2. The first kappa shape index (κ1) is 15.0. The third-order valence-corrected chi connectivity index (χ3v) is 7.25. The molecule has 21 heavy (non-hydrogen) atoms. The molecule has 0 unspecified atom stereocenters. The zero-order valence-corrected chi connectivity index (χ0v) is 14.0. The molecule has 0 radical (unpaired) electrons. The van der Waals surface area contributed by atoms with Gasteiger partial charge < -0.3 is 4.90 Å². The molecular formula is C15H21NO3S2. The van der Waals surface area contributed by atoms with Crippen LogP contribution in [0.25, 0.3) is 0 Å². The lowest BCUT2D eigenvalue weighted by Crippen LogP contribution is -2.57. The number of likely N-dealkylation sites (tertiary alicyclic amines) is 1. The first-order valence-corrected chi connectivity index (χ1v) is 10.1. The minimum Gasteiger partial charge on any atom is -0.337 e. The molecule has 0 saturated carbocycles. The Bertz CT molecular complexity index is 630. The molecule has 0 spiro atoms. The van der Waals surface area contributed by atoms with Gasteiger partial charge in [-0.1, -0.05) is 13.8 Å². The van der Waals surface area contributed by atoms with Crippen molar-refractivity contribution >= 4 is 27.1 Å². The van der Waals surface area contributed by atoms with Gasteiger partial charge in [0, 0.05) is 18.0 Å². The van der Waals surface area contributed by atoms with E-state index in [1.54, 1.807) is 11.3 Å². The Labute approximate surface area is 130 Å². The zero-order valence-electron chi connectivity index (χ0n) is 12.4. The van der Waals surface area contributed by atoms with Gasteiger partial charge in [-0.15, -0.1) is 11.3 Å². The van der Waals surface area contributed by atoms with Crippen LogP contribution in [0, 0.1) is 17.8 Å². The predicted octanol–water partition coefficient (Wildman–Crippen LogP) is 2.06. The van der Waals surface area contributed by atoms with Crippen LogP contribution >= 0.6 is 11.3 Å².